The number of halogens is 1. The zero-order valence-electron chi connectivity index (χ0n) is 12.7. The topological polar surface area (TPSA) is 29.3 Å². The summed E-state index contributed by atoms with van der Waals surface area (Å²) in [5, 5.41) is 0. The van der Waals surface area contributed by atoms with Gasteiger partial charge in [-0.05, 0) is 65.2 Å². The van der Waals surface area contributed by atoms with Crippen LogP contribution in [0, 0.1) is 5.92 Å². The van der Waals surface area contributed by atoms with E-state index in [0.29, 0.717) is 0 Å². The molecule has 0 aliphatic heterocycles. The second-order valence-electron chi connectivity index (χ2n) is 6.19. The molecule has 1 atom stereocenters. The summed E-state index contributed by atoms with van der Waals surface area (Å²) in [4.78, 5) is 2.39. The number of anilines is 1. The van der Waals surface area contributed by atoms with E-state index >= 15 is 0 Å². The Morgan fingerprint density at radius 1 is 1.35 bits per heavy atom. The molecule has 112 valence electrons. The Kier molecular flexibility index (Phi) is 5.91. The summed E-state index contributed by atoms with van der Waals surface area (Å²) in [6, 6.07) is 6.96. The molecule has 0 spiro atoms. The first-order valence-corrected chi connectivity index (χ1v) is 8.64. The summed E-state index contributed by atoms with van der Waals surface area (Å²) in [5.41, 5.74) is 8.66. The van der Waals surface area contributed by atoms with Crippen LogP contribution in [0.1, 0.15) is 44.6 Å². The monoisotopic (exact) mass is 338 g/mol. The number of benzene rings is 1. The lowest BCUT2D eigenvalue weighted by atomic mass is 10.0. The van der Waals surface area contributed by atoms with Crippen molar-refractivity contribution in [2.24, 2.45) is 11.7 Å². The summed E-state index contributed by atoms with van der Waals surface area (Å²) in [7, 11) is 2.20. The van der Waals surface area contributed by atoms with Gasteiger partial charge in [-0.2, -0.15) is 0 Å². The van der Waals surface area contributed by atoms with Crippen molar-refractivity contribution in [2.75, 3.05) is 18.5 Å². The molecular formula is C17H27BrN2. The average Bonchev–Trinajstić information content (AvgIpc) is 2.91. The molecule has 2 nitrogen and oxygen atoms in total. The molecule has 0 saturated heterocycles. The predicted molar refractivity (Wildman–Crippen MR) is 91.3 cm³/mol. The first-order valence-electron chi connectivity index (χ1n) is 7.85. The highest BCUT2D eigenvalue weighted by atomic mass is 79.9. The molecule has 1 fully saturated rings. The third-order valence-electron chi connectivity index (χ3n) is 4.45. The zero-order valence-corrected chi connectivity index (χ0v) is 14.3. The molecule has 3 heteroatoms. The van der Waals surface area contributed by atoms with Crippen molar-refractivity contribution >= 4 is 21.6 Å². The normalized spacial score (nSPS) is 17.4. The van der Waals surface area contributed by atoms with Crippen LogP contribution in [0.15, 0.2) is 22.7 Å². The molecule has 1 unspecified atom stereocenters. The van der Waals surface area contributed by atoms with Crippen LogP contribution in [0.4, 0.5) is 5.69 Å². The second kappa shape index (κ2) is 7.46. The van der Waals surface area contributed by atoms with Gasteiger partial charge in [0.25, 0.3) is 0 Å². The van der Waals surface area contributed by atoms with Crippen LogP contribution < -0.4 is 10.6 Å². The number of rotatable bonds is 6. The molecule has 1 aromatic carbocycles. The average molecular weight is 339 g/mol. The first kappa shape index (κ1) is 15.8. The van der Waals surface area contributed by atoms with Crippen LogP contribution >= 0.6 is 15.9 Å². The highest BCUT2D eigenvalue weighted by molar-refractivity contribution is 9.10. The number of hydrogen-bond donors (Lipinski definition) is 1. The van der Waals surface area contributed by atoms with Crippen molar-refractivity contribution in [2.45, 2.75) is 51.5 Å². The summed E-state index contributed by atoms with van der Waals surface area (Å²) < 4.78 is 1.19. The van der Waals surface area contributed by atoms with Crippen LogP contribution in [0.25, 0.3) is 0 Å². The van der Waals surface area contributed by atoms with Gasteiger partial charge in [0.05, 0.1) is 5.69 Å². The molecule has 2 rings (SSSR count). The SMILES string of the molecule is CCC(N)Cc1ccc(N(C)CC2CCCC2)c(Br)c1. The second-order valence-corrected chi connectivity index (χ2v) is 7.04. The van der Waals surface area contributed by atoms with Crippen molar-refractivity contribution in [1.82, 2.24) is 0 Å². The summed E-state index contributed by atoms with van der Waals surface area (Å²) in [6.45, 7) is 3.32. The molecule has 2 N–H and O–H groups in total. The van der Waals surface area contributed by atoms with E-state index < -0.39 is 0 Å². The lowest BCUT2D eigenvalue weighted by Crippen LogP contribution is -2.24. The largest absolute Gasteiger partial charge is 0.373 e. The minimum atomic E-state index is 0.268. The first-order chi connectivity index (χ1) is 9.60. The van der Waals surface area contributed by atoms with E-state index in [-0.39, 0.29) is 6.04 Å². The van der Waals surface area contributed by atoms with Crippen molar-refractivity contribution in [3.63, 3.8) is 0 Å². The van der Waals surface area contributed by atoms with Crippen LogP contribution in [-0.2, 0) is 6.42 Å². The Balaban J connectivity index is 2.00. The van der Waals surface area contributed by atoms with Crippen LogP contribution in [0.2, 0.25) is 0 Å². The van der Waals surface area contributed by atoms with Gasteiger partial charge < -0.3 is 10.6 Å². The Bertz CT molecular complexity index is 427. The van der Waals surface area contributed by atoms with Crippen molar-refractivity contribution < 1.29 is 0 Å². The molecule has 1 aliphatic rings. The fourth-order valence-electron chi connectivity index (χ4n) is 3.11. The Morgan fingerprint density at radius 2 is 2.05 bits per heavy atom. The molecule has 0 aromatic heterocycles. The van der Waals surface area contributed by atoms with Gasteiger partial charge in [-0.25, -0.2) is 0 Å². The van der Waals surface area contributed by atoms with Gasteiger partial charge in [0, 0.05) is 24.1 Å². The van der Waals surface area contributed by atoms with Gasteiger partial charge in [0.1, 0.15) is 0 Å². The Morgan fingerprint density at radius 3 is 2.65 bits per heavy atom. The van der Waals surface area contributed by atoms with Gasteiger partial charge in [-0.15, -0.1) is 0 Å². The van der Waals surface area contributed by atoms with Crippen molar-refractivity contribution in [3.05, 3.63) is 28.2 Å². The van der Waals surface area contributed by atoms with Crippen molar-refractivity contribution in [3.8, 4) is 0 Å². The van der Waals surface area contributed by atoms with E-state index in [9.17, 15) is 0 Å². The minimum absolute atomic E-state index is 0.268. The molecular weight excluding hydrogens is 312 g/mol. The highest BCUT2D eigenvalue weighted by Gasteiger charge is 2.18. The maximum Gasteiger partial charge on any atom is 0.0508 e. The third kappa shape index (κ3) is 4.23. The molecule has 0 bridgehead atoms. The maximum absolute atomic E-state index is 6.04. The van der Waals surface area contributed by atoms with E-state index in [4.69, 9.17) is 5.73 Å². The number of nitrogens with two attached hydrogens (primary N) is 1. The quantitative estimate of drug-likeness (QED) is 0.835. The molecule has 1 aromatic rings. The van der Waals surface area contributed by atoms with Gasteiger partial charge in [0.15, 0.2) is 0 Å². The smallest absolute Gasteiger partial charge is 0.0508 e. The lowest BCUT2D eigenvalue weighted by molar-refractivity contribution is 0.547. The fourth-order valence-corrected chi connectivity index (χ4v) is 3.84. The molecule has 20 heavy (non-hydrogen) atoms. The van der Waals surface area contributed by atoms with Gasteiger partial charge >= 0.3 is 0 Å². The van der Waals surface area contributed by atoms with Crippen LogP contribution in [0.3, 0.4) is 0 Å². The van der Waals surface area contributed by atoms with E-state index in [1.807, 2.05) is 0 Å². The molecule has 1 saturated carbocycles. The van der Waals surface area contributed by atoms with E-state index in [1.54, 1.807) is 0 Å². The van der Waals surface area contributed by atoms with E-state index in [0.717, 1.165) is 18.8 Å². The van der Waals surface area contributed by atoms with Crippen LogP contribution in [0.5, 0.6) is 0 Å². The van der Waals surface area contributed by atoms with Crippen molar-refractivity contribution in [1.29, 1.82) is 0 Å². The minimum Gasteiger partial charge on any atom is -0.373 e. The number of hydrogen-bond acceptors (Lipinski definition) is 2. The summed E-state index contributed by atoms with van der Waals surface area (Å²) in [6.07, 6.45) is 7.60. The van der Waals surface area contributed by atoms with Gasteiger partial charge in [-0.1, -0.05) is 25.8 Å². The predicted octanol–water partition coefficient (Wildman–Crippen LogP) is 4.36. The van der Waals surface area contributed by atoms with E-state index in [2.05, 4.69) is 53.0 Å². The highest BCUT2D eigenvalue weighted by Crippen LogP contribution is 2.31. The standard InChI is InChI=1S/C17H27BrN2/c1-3-15(19)10-14-8-9-17(16(18)11-14)20(2)12-13-6-4-5-7-13/h8-9,11,13,15H,3-7,10,12,19H2,1-2H3. The van der Waals surface area contributed by atoms with E-state index in [1.165, 1.54) is 48.0 Å². The number of nitrogens with zero attached hydrogens (tertiary/aromatic N) is 1. The third-order valence-corrected chi connectivity index (χ3v) is 5.09. The zero-order chi connectivity index (χ0) is 14.5. The van der Waals surface area contributed by atoms with Gasteiger partial charge in [0.2, 0.25) is 0 Å². The maximum atomic E-state index is 6.04. The Labute approximate surface area is 131 Å². The molecule has 1 aliphatic carbocycles. The fraction of sp³-hybridized carbons (Fsp3) is 0.647. The molecule has 0 heterocycles. The Hall–Kier alpha value is -0.540. The summed E-state index contributed by atoms with van der Waals surface area (Å²) in [5.74, 6) is 0.875. The van der Waals surface area contributed by atoms with Gasteiger partial charge in [-0.3, -0.25) is 0 Å². The molecule has 0 radical (unpaired) electrons. The summed E-state index contributed by atoms with van der Waals surface area (Å²) >= 11 is 3.73. The lowest BCUT2D eigenvalue weighted by Gasteiger charge is -2.24. The van der Waals surface area contributed by atoms with Crippen LogP contribution in [-0.4, -0.2) is 19.6 Å². The molecule has 0 amide bonds.